The van der Waals surface area contributed by atoms with Gasteiger partial charge in [-0.3, -0.25) is 14.2 Å². The minimum Gasteiger partial charge on any atom is -0.344 e. The largest absolute Gasteiger partial charge is 0.344 e. The SMILES string of the molecule is CC(C)[C@H](NC(=O)Cn1cnc2sccc2c1=O)c1nc2ccccc2[nH]1. The molecule has 1 atom stereocenters. The van der Waals surface area contributed by atoms with Crippen LogP contribution >= 0.6 is 11.3 Å². The molecule has 138 valence electrons. The van der Waals surface area contributed by atoms with Crippen LogP contribution in [0.3, 0.4) is 0 Å². The molecule has 0 aliphatic heterocycles. The van der Waals surface area contributed by atoms with Crippen molar-refractivity contribution in [2.24, 2.45) is 5.92 Å². The lowest BCUT2D eigenvalue weighted by Crippen LogP contribution is -2.37. The standard InChI is InChI=1S/C19H19N5O2S/c1-11(2)16(17-21-13-5-3-4-6-14(13)22-17)23-15(25)9-24-10-20-18-12(19(24)26)7-8-27-18/h3-8,10-11,16H,9H2,1-2H3,(H,21,22)(H,23,25)/t16-/m0/s1. The highest BCUT2D eigenvalue weighted by molar-refractivity contribution is 7.16. The van der Waals surface area contributed by atoms with Crippen molar-refractivity contribution in [1.82, 2.24) is 24.8 Å². The van der Waals surface area contributed by atoms with Gasteiger partial charge in [0.15, 0.2) is 0 Å². The van der Waals surface area contributed by atoms with Crippen molar-refractivity contribution in [3.63, 3.8) is 0 Å². The number of rotatable bonds is 5. The number of para-hydroxylation sites is 2. The van der Waals surface area contributed by atoms with E-state index in [0.29, 0.717) is 16.0 Å². The van der Waals surface area contributed by atoms with E-state index in [1.165, 1.54) is 22.2 Å². The smallest absolute Gasteiger partial charge is 0.262 e. The predicted molar refractivity (Wildman–Crippen MR) is 106 cm³/mol. The zero-order valence-electron chi connectivity index (χ0n) is 15.0. The van der Waals surface area contributed by atoms with Crippen LogP contribution < -0.4 is 10.9 Å². The molecule has 27 heavy (non-hydrogen) atoms. The molecule has 0 radical (unpaired) electrons. The van der Waals surface area contributed by atoms with Crippen molar-refractivity contribution >= 4 is 38.5 Å². The molecule has 0 aliphatic rings. The summed E-state index contributed by atoms with van der Waals surface area (Å²) in [5.74, 6) is 0.578. The Kier molecular flexibility index (Phi) is 4.49. The Morgan fingerprint density at radius 2 is 2.11 bits per heavy atom. The van der Waals surface area contributed by atoms with Crippen molar-refractivity contribution in [2.45, 2.75) is 26.4 Å². The minimum absolute atomic E-state index is 0.0823. The summed E-state index contributed by atoms with van der Waals surface area (Å²) in [4.78, 5) is 37.9. The molecule has 4 aromatic rings. The number of nitrogens with one attached hydrogen (secondary N) is 2. The molecule has 0 fully saturated rings. The van der Waals surface area contributed by atoms with E-state index in [1.54, 1.807) is 6.07 Å². The van der Waals surface area contributed by atoms with Crippen molar-refractivity contribution in [3.05, 3.63) is 58.2 Å². The van der Waals surface area contributed by atoms with Crippen molar-refractivity contribution in [3.8, 4) is 0 Å². The van der Waals surface area contributed by atoms with Crippen LogP contribution in [-0.4, -0.2) is 25.4 Å². The fourth-order valence-corrected chi connectivity index (χ4v) is 3.77. The van der Waals surface area contributed by atoms with E-state index in [0.717, 1.165) is 11.0 Å². The van der Waals surface area contributed by atoms with Gasteiger partial charge < -0.3 is 10.3 Å². The van der Waals surface area contributed by atoms with Gasteiger partial charge in [-0.2, -0.15) is 0 Å². The van der Waals surface area contributed by atoms with Gasteiger partial charge in [-0.25, -0.2) is 9.97 Å². The van der Waals surface area contributed by atoms with E-state index in [9.17, 15) is 9.59 Å². The van der Waals surface area contributed by atoms with Crippen LogP contribution in [0.5, 0.6) is 0 Å². The molecule has 0 saturated heterocycles. The number of H-pyrrole nitrogens is 1. The summed E-state index contributed by atoms with van der Waals surface area (Å²) in [5, 5.41) is 5.35. The van der Waals surface area contributed by atoms with Crippen LogP contribution in [0, 0.1) is 5.92 Å². The first-order chi connectivity index (χ1) is 13.0. The van der Waals surface area contributed by atoms with E-state index in [1.807, 2.05) is 43.5 Å². The maximum absolute atomic E-state index is 12.6. The van der Waals surface area contributed by atoms with Gasteiger partial charge in [-0.15, -0.1) is 11.3 Å². The van der Waals surface area contributed by atoms with Gasteiger partial charge in [0.25, 0.3) is 5.56 Å². The highest BCUT2D eigenvalue weighted by atomic mass is 32.1. The van der Waals surface area contributed by atoms with Crippen molar-refractivity contribution in [2.75, 3.05) is 0 Å². The molecule has 7 nitrogen and oxygen atoms in total. The number of hydrogen-bond acceptors (Lipinski definition) is 5. The third-order valence-corrected chi connectivity index (χ3v) is 5.27. The normalized spacial score (nSPS) is 12.7. The number of hydrogen-bond donors (Lipinski definition) is 2. The first kappa shape index (κ1) is 17.4. The Bertz CT molecular complexity index is 1140. The second kappa shape index (κ2) is 6.96. The number of aromatic nitrogens is 4. The molecule has 0 saturated carbocycles. The quantitative estimate of drug-likeness (QED) is 0.556. The van der Waals surface area contributed by atoms with Gasteiger partial charge in [-0.1, -0.05) is 26.0 Å². The van der Waals surface area contributed by atoms with Crippen LogP contribution in [0.15, 0.2) is 46.8 Å². The molecule has 0 spiro atoms. The van der Waals surface area contributed by atoms with E-state index in [4.69, 9.17) is 0 Å². The lowest BCUT2D eigenvalue weighted by atomic mass is 10.0. The summed E-state index contributed by atoms with van der Waals surface area (Å²) < 4.78 is 1.33. The van der Waals surface area contributed by atoms with Gasteiger partial charge in [0.2, 0.25) is 5.91 Å². The van der Waals surface area contributed by atoms with E-state index in [-0.39, 0.29) is 30.0 Å². The zero-order valence-corrected chi connectivity index (χ0v) is 15.8. The van der Waals surface area contributed by atoms with Crippen LogP contribution in [0.2, 0.25) is 0 Å². The minimum atomic E-state index is -0.279. The fourth-order valence-electron chi connectivity index (χ4n) is 3.05. The van der Waals surface area contributed by atoms with Gasteiger partial charge in [-0.05, 0) is 29.5 Å². The number of thiophene rings is 1. The Balaban J connectivity index is 1.56. The maximum atomic E-state index is 12.6. The zero-order chi connectivity index (χ0) is 19.0. The number of aromatic amines is 1. The van der Waals surface area contributed by atoms with Crippen molar-refractivity contribution in [1.29, 1.82) is 0 Å². The summed E-state index contributed by atoms with van der Waals surface area (Å²) in [7, 11) is 0. The molecular weight excluding hydrogens is 362 g/mol. The maximum Gasteiger partial charge on any atom is 0.262 e. The first-order valence-electron chi connectivity index (χ1n) is 8.69. The number of benzene rings is 1. The van der Waals surface area contributed by atoms with Gasteiger partial charge >= 0.3 is 0 Å². The molecule has 3 aromatic heterocycles. The van der Waals surface area contributed by atoms with Gasteiger partial charge in [0, 0.05) is 0 Å². The summed E-state index contributed by atoms with van der Waals surface area (Å²) in [6.45, 7) is 3.95. The lowest BCUT2D eigenvalue weighted by Gasteiger charge is -2.20. The number of fused-ring (bicyclic) bond motifs is 2. The number of amides is 1. The third-order valence-electron chi connectivity index (χ3n) is 4.45. The fraction of sp³-hybridized carbons (Fsp3) is 0.263. The van der Waals surface area contributed by atoms with Gasteiger partial charge in [0.1, 0.15) is 17.2 Å². The lowest BCUT2D eigenvalue weighted by molar-refractivity contribution is -0.122. The van der Waals surface area contributed by atoms with Crippen molar-refractivity contribution < 1.29 is 4.79 Å². The average Bonchev–Trinajstić information content (AvgIpc) is 3.28. The topological polar surface area (TPSA) is 92.7 Å². The number of carbonyl (C=O) groups is 1. The number of carbonyl (C=O) groups excluding carboxylic acids is 1. The molecule has 1 aromatic carbocycles. The van der Waals surface area contributed by atoms with Crippen LogP contribution in [0.1, 0.15) is 25.7 Å². The highest BCUT2D eigenvalue weighted by Crippen LogP contribution is 2.22. The summed E-state index contributed by atoms with van der Waals surface area (Å²) >= 11 is 1.41. The molecule has 0 bridgehead atoms. The Morgan fingerprint density at radius 3 is 2.89 bits per heavy atom. The summed E-state index contributed by atoms with van der Waals surface area (Å²) in [6.07, 6.45) is 1.42. The van der Waals surface area contributed by atoms with Crippen LogP contribution in [0.4, 0.5) is 0 Å². The first-order valence-corrected chi connectivity index (χ1v) is 9.57. The molecule has 3 heterocycles. The summed E-state index contributed by atoms with van der Waals surface area (Å²) in [5.41, 5.74) is 1.58. The average molecular weight is 381 g/mol. The van der Waals surface area contributed by atoms with Crippen LogP contribution in [-0.2, 0) is 11.3 Å². The van der Waals surface area contributed by atoms with E-state index >= 15 is 0 Å². The van der Waals surface area contributed by atoms with Crippen LogP contribution in [0.25, 0.3) is 21.3 Å². The molecule has 8 heteroatoms. The molecule has 0 unspecified atom stereocenters. The molecule has 4 rings (SSSR count). The monoisotopic (exact) mass is 381 g/mol. The number of imidazole rings is 1. The Hall–Kier alpha value is -3.00. The Labute approximate surface area is 159 Å². The van der Waals surface area contributed by atoms with E-state index < -0.39 is 0 Å². The van der Waals surface area contributed by atoms with E-state index in [2.05, 4.69) is 20.3 Å². The molecule has 0 aliphatic carbocycles. The Morgan fingerprint density at radius 1 is 1.30 bits per heavy atom. The third kappa shape index (κ3) is 3.35. The second-order valence-corrected chi connectivity index (χ2v) is 7.64. The molecular formula is C19H19N5O2S. The molecule has 1 amide bonds. The highest BCUT2D eigenvalue weighted by Gasteiger charge is 2.22. The predicted octanol–water partition coefficient (Wildman–Crippen LogP) is 2.85. The number of nitrogens with zero attached hydrogens (tertiary/aromatic N) is 3. The molecule has 2 N–H and O–H groups in total. The summed E-state index contributed by atoms with van der Waals surface area (Å²) in [6, 6.07) is 9.19. The van der Waals surface area contributed by atoms with Gasteiger partial charge in [0.05, 0.1) is 28.8 Å². The second-order valence-electron chi connectivity index (χ2n) is 6.75.